The number of nitro groups is 1. The number of alkyl halides is 3. The molecule has 7 nitrogen and oxygen atoms in total. The number of rotatable bonds is 5. The molecule has 0 spiro atoms. The van der Waals surface area contributed by atoms with Crippen molar-refractivity contribution in [3.8, 4) is 0 Å². The van der Waals surface area contributed by atoms with Crippen LogP contribution in [0.25, 0.3) is 5.57 Å². The summed E-state index contributed by atoms with van der Waals surface area (Å²) in [6.07, 6.45) is -6.29. The highest BCUT2D eigenvalue weighted by Crippen LogP contribution is 2.46. The SMILES string of the molecule is CC(C)(C)OC(=O)N1C(=O)/C(=C\C[C@](C[N+](=O)[O-])(c2ccccc2)C(F)(F)F)c2cc(F)ccc21. The van der Waals surface area contributed by atoms with Gasteiger partial charge in [-0.3, -0.25) is 14.9 Å². The molecule has 1 heterocycles. The van der Waals surface area contributed by atoms with Crippen molar-refractivity contribution in [3.05, 3.63) is 81.7 Å². The molecule has 3 rings (SSSR count). The summed E-state index contributed by atoms with van der Waals surface area (Å²) < 4.78 is 62.4. The lowest BCUT2D eigenvalue weighted by Gasteiger charge is -2.32. The van der Waals surface area contributed by atoms with E-state index in [9.17, 15) is 37.3 Å². The van der Waals surface area contributed by atoms with Crippen molar-refractivity contribution in [1.29, 1.82) is 0 Å². The van der Waals surface area contributed by atoms with Crippen molar-refractivity contribution >= 4 is 23.3 Å². The van der Waals surface area contributed by atoms with Gasteiger partial charge in [-0.05, 0) is 51.0 Å². The van der Waals surface area contributed by atoms with E-state index in [1.165, 1.54) is 18.2 Å². The van der Waals surface area contributed by atoms with Gasteiger partial charge in [0.15, 0.2) is 5.41 Å². The highest BCUT2D eigenvalue weighted by molar-refractivity contribution is 6.39. The van der Waals surface area contributed by atoms with Crippen LogP contribution in [0.3, 0.4) is 0 Å². The molecule has 1 atom stereocenters. The number of halogens is 4. The molecule has 186 valence electrons. The highest BCUT2D eigenvalue weighted by Gasteiger charge is 2.59. The van der Waals surface area contributed by atoms with Crippen LogP contribution >= 0.6 is 0 Å². The molecule has 0 saturated heterocycles. The van der Waals surface area contributed by atoms with Gasteiger partial charge < -0.3 is 4.74 Å². The predicted octanol–water partition coefficient (Wildman–Crippen LogP) is 5.66. The van der Waals surface area contributed by atoms with Crippen molar-refractivity contribution in [3.63, 3.8) is 0 Å². The van der Waals surface area contributed by atoms with Gasteiger partial charge in [0, 0.05) is 16.1 Å². The smallest absolute Gasteiger partial charge is 0.422 e. The summed E-state index contributed by atoms with van der Waals surface area (Å²) in [5, 5.41) is 11.3. The first-order valence-corrected chi connectivity index (χ1v) is 10.5. The number of nitrogens with zero attached hydrogens (tertiary/aromatic N) is 2. The molecular weight excluding hydrogens is 472 g/mol. The Bertz CT molecular complexity index is 1190. The molecule has 0 saturated carbocycles. The number of carbonyl (C=O) groups is 2. The average Bonchev–Trinajstić information content (AvgIpc) is 3.00. The van der Waals surface area contributed by atoms with E-state index in [1.54, 1.807) is 20.8 Å². The van der Waals surface area contributed by atoms with Crippen molar-refractivity contribution < 1.29 is 36.8 Å². The van der Waals surface area contributed by atoms with Crippen molar-refractivity contribution in [2.24, 2.45) is 0 Å². The maximum absolute atomic E-state index is 14.4. The molecule has 0 N–H and O–H groups in total. The number of carbonyl (C=O) groups excluding carboxylic acids is 2. The summed E-state index contributed by atoms with van der Waals surface area (Å²) in [7, 11) is 0. The Kier molecular flexibility index (Phi) is 6.74. The fourth-order valence-corrected chi connectivity index (χ4v) is 3.85. The second-order valence-electron chi connectivity index (χ2n) is 9.04. The molecular formula is C24H22F4N2O5. The van der Waals surface area contributed by atoms with Gasteiger partial charge >= 0.3 is 12.3 Å². The molecule has 1 aliphatic heterocycles. The van der Waals surface area contributed by atoms with E-state index in [-0.39, 0.29) is 16.8 Å². The normalized spacial score (nSPS) is 16.7. The maximum Gasteiger partial charge on any atom is 0.422 e. The summed E-state index contributed by atoms with van der Waals surface area (Å²) >= 11 is 0. The second-order valence-corrected chi connectivity index (χ2v) is 9.04. The first-order chi connectivity index (χ1) is 16.2. The lowest BCUT2D eigenvalue weighted by atomic mass is 9.76. The zero-order valence-electron chi connectivity index (χ0n) is 19.1. The van der Waals surface area contributed by atoms with Crippen molar-refractivity contribution in [2.45, 2.75) is 44.4 Å². The largest absolute Gasteiger partial charge is 0.443 e. The van der Waals surface area contributed by atoms with Gasteiger partial charge in [-0.25, -0.2) is 14.1 Å². The molecule has 0 aliphatic carbocycles. The third kappa shape index (κ3) is 5.18. The fourth-order valence-electron chi connectivity index (χ4n) is 3.85. The van der Waals surface area contributed by atoms with E-state index in [0.29, 0.717) is 4.90 Å². The number of allylic oxidation sites excluding steroid dienone is 1. The summed E-state index contributed by atoms with van der Waals surface area (Å²) in [5.41, 5.74) is -4.91. The molecule has 2 aromatic carbocycles. The van der Waals surface area contributed by atoms with Crippen LogP contribution in [0.4, 0.5) is 28.0 Å². The fraction of sp³-hybridized carbons (Fsp3) is 0.333. The standard InChI is InChI=1S/C24H22F4N2O5/c1-22(2,3)35-21(32)30-19-10-9-16(25)13-18(19)17(20(30)31)11-12-23(14-29(33)34,24(26,27)28)15-7-5-4-6-8-15/h4-11,13H,12,14H2,1-3H3/b17-11-/t23-/m0/s1. The summed E-state index contributed by atoms with van der Waals surface area (Å²) in [5.74, 6) is -1.81. The first kappa shape index (κ1) is 25.9. The molecule has 0 radical (unpaired) electrons. The van der Waals surface area contributed by atoms with E-state index in [4.69, 9.17) is 4.74 Å². The number of amides is 2. The van der Waals surface area contributed by atoms with Crippen LogP contribution in [0.15, 0.2) is 54.6 Å². The maximum atomic E-state index is 14.4. The minimum Gasteiger partial charge on any atom is -0.443 e. The number of anilines is 1. The van der Waals surface area contributed by atoms with Gasteiger partial charge in [-0.15, -0.1) is 0 Å². The minimum absolute atomic E-state index is 0.0662. The van der Waals surface area contributed by atoms with Crippen molar-refractivity contribution in [1.82, 2.24) is 0 Å². The van der Waals surface area contributed by atoms with Gasteiger partial charge in [-0.1, -0.05) is 36.4 Å². The Labute approximate surface area is 198 Å². The highest BCUT2D eigenvalue weighted by atomic mass is 19.4. The van der Waals surface area contributed by atoms with E-state index in [2.05, 4.69) is 0 Å². The lowest BCUT2D eigenvalue weighted by Crippen LogP contribution is -2.47. The summed E-state index contributed by atoms with van der Waals surface area (Å²) in [6, 6.07) is 9.38. The number of benzene rings is 2. The Morgan fingerprint density at radius 3 is 2.29 bits per heavy atom. The number of hydrogen-bond donors (Lipinski definition) is 0. The molecule has 0 unspecified atom stereocenters. The first-order valence-electron chi connectivity index (χ1n) is 10.5. The number of fused-ring (bicyclic) bond motifs is 1. The number of ether oxygens (including phenoxy) is 1. The molecule has 0 fully saturated rings. The second kappa shape index (κ2) is 9.12. The molecule has 2 amide bonds. The van der Waals surface area contributed by atoms with Crippen LogP contribution in [0.1, 0.15) is 38.3 Å². The van der Waals surface area contributed by atoms with Gasteiger partial charge in [-0.2, -0.15) is 13.2 Å². The van der Waals surface area contributed by atoms with Gasteiger partial charge in [0.1, 0.15) is 11.4 Å². The Morgan fingerprint density at radius 1 is 1.11 bits per heavy atom. The predicted molar refractivity (Wildman–Crippen MR) is 119 cm³/mol. The van der Waals surface area contributed by atoms with E-state index in [0.717, 1.165) is 36.4 Å². The minimum atomic E-state index is -5.07. The lowest BCUT2D eigenvalue weighted by molar-refractivity contribution is -0.501. The van der Waals surface area contributed by atoms with E-state index in [1.807, 2.05) is 0 Å². The molecule has 0 bridgehead atoms. The van der Waals surface area contributed by atoms with Crippen LogP contribution in [-0.2, 0) is 14.9 Å². The topological polar surface area (TPSA) is 89.8 Å². The molecule has 2 aromatic rings. The van der Waals surface area contributed by atoms with Crippen LogP contribution in [0.5, 0.6) is 0 Å². The van der Waals surface area contributed by atoms with E-state index >= 15 is 0 Å². The van der Waals surface area contributed by atoms with Gasteiger partial charge in [0.25, 0.3) is 5.91 Å². The summed E-state index contributed by atoms with van der Waals surface area (Å²) in [6.45, 7) is 3.18. The zero-order chi connectivity index (χ0) is 26.2. The third-order valence-corrected chi connectivity index (χ3v) is 5.42. The monoisotopic (exact) mass is 494 g/mol. The quantitative estimate of drug-likeness (QED) is 0.232. The molecule has 0 aromatic heterocycles. The average molecular weight is 494 g/mol. The third-order valence-electron chi connectivity index (χ3n) is 5.42. The molecule has 35 heavy (non-hydrogen) atoms. The van der Waals surface area contributed by atoms with Crippen LogP contribution in [-0.4, -0.2) is 35.2 Å². The van der Waals surface area contributed by atoms with Crippen molar-refractivity contribution in [2.75, 3.05) is 11.4 Å². The summed E-state index contributed by atoms with van der Waals surface area (Å²) in [4.78, 5) is 36.7. The molecule has 11 heteroatoms. The van der Waals surface area contributed by atoms with Gasteiger partial charge in [0.05, 0.1) is 5.69 Å². The zero-order valence-corrected chi connectivity index (χ0v) is 19.1. The number of imide groups is 1. The van der Waals surface area contributed by atoms with Crippen LogP contribution in [0.2, 0.25) is 0 Å². The Hall–Kier alpha value is -3.76. The van der Waals surface area contributed by atoms with Crippen LogP contribution in [0, 0.1) is 15.9 Å². The molecule has 1 aliphatic rings. The number of hydrogen-bond acceptors (Lipinski definition) is 5. The van der Waals surface area contributed by atoms with E-state index < -0.39 is 58.5 Å². The van der Waals surface area contributed by atoms with Gasteiger partial charge in [0.2, 0.25) is 6.54 Å². The van der Waals surface area contributed by atoms with Crippen LogP contribution < -0.4 is 4.90 Å². The Balaban J connectivity index is 2.14. The Morgan fingerprint density at radius 2 is 1.74 bits per heavy atom.